The Morgan fingerprint density at radius 1 is 1.20 bits per heavy atom. The minimum Gasteiger partial charge on any atom is -0.337 e. The zero-order valence-corrected chi connectivity index (χ0v) is 17.7. The fraction of sp³-hybridized carbons (Fsp3) is 0.391. The van der Waals surface area contributed by atoms with Crippen molar-refractivity contribution in [3.8, 4) is 11.4 Å². The smallest absolute Gasteiger partial charge is 0.250 e. The Balaban J connectivity index is 1.42. The van der Waals surface area contributed by atoms with Crippen LogP contribution in [0.1, 0.15) is 29.0 Å². The van der Waals surface area contributed by atoms with Gasteiger partial charge in [0.05, 0.1) is 32.1 Å². The highest BCUT2D eigenvalue weighted by molar-refractivity contribution is 5.96. The molecule has 0 radical (unpaired) electrons. The summed E-state index contributed by atoms with van der Waals surface area (Å²) in [6.45, 7) is 6.37. The van der Waals surface area contributed by atoms with E-state index in [4.69, 9.17) is 0 Å². The summed E-state index contributed by atoms with van der Waals surface area (Å²) < 4.78 is 0. The van der Waals surface area contributed by atoms with E-state index >= 15 is 0 Å². The number of hydrogen-bond donors (Lipinski definition) is 1. The molecule has 2 aliphatic rings. The van der Waals surface area contributed by atoms with Gasteiger partial charge in [0.1, 0.15) is 6.54 Å². The molecule has 30 heavy (non-hydrogen) atoms. The zero-order valence-electron chi connectivity index (χ0n) is 17.7. The molecule has 0 spiro atoms. The number of anilines is 1. The number of nitrogens with one attached hydrogen (secondary N) is 1. The van der Waals surface area contributed by atoms with Crippen molar-refractivity contribution in [1.82, 2.24) is 20.2 Å². The number of nitrogens with zero attached hydrogens (tertiary/aromatic N) is 5. The molecular weight excluding hydrogens is 376 g/mol. The lowest BCUT2D eigenvalue weighted by molar-refractivity contribution is -0.886. The highest BCUT2D eigenvalue weighted by Gasteiger charge is 2.45. The molecule has 3 heterocycles. The van der Waals surface area contributed by atoms with E-state index in [0.717, 1.165) is 36.3 Å². The number of likely N-dealkylation sites (N-methyl/N-ethyl adjacent to an activating group) is 1. The van der Waals surface area contributed by atoms with E-state index in [1.54, 1.807) is 0 Å². The van der Waals surface area contributed by atoms with Crippen LogP contribution in [-0.2, 0) is 11.3 Å². The minimum absolute atomic E-state index is 0.0286. The number of hydrogen-bond acceptors (Lipinski definition) is 4. The van der Waals surface area contributed by atoms with Crippen molar-refractivity contribution in [3.05, 3.63) is 59.2 Å². The van der Waals surface area contributed by atoms with E-state index in [2.05, 4.69) is 47.6 Å². The molecule has 7 nitrogen and oxygen atoms in total. The Morgan fingerprint density at radius 2 is 2.03 bits per heavy atom. The first-order chi connectivity index (χ1) is 14.5. The number of amides is 1. The number of carbonyl (C=O) groups excluding carboxylic acids is 1. The number of aryl methyl sites for hydroxylation is 2. The van der Waals surface area contributed by atoms with Crippen LogP contribution in [0.15, 0.2) is 42.5 Å². The van der Waals surface area contributed by atoms with Crippen molar-refractivity contribution < 1.29 is 9.69 Å². The molecule has 2 aromatic carbocycles. The first-order valence-electron chi connectivity index (χ1n) is 10.6. The molecule has 1 N–H and O–H groups in total. The second-order valence-corrected chi connectivity index (χ2v) is 8.66. The molecule has 7 heteroatoms. The van der Waals surface area contributed by atoms with Gasteiger partial charge in [-0.1, -0.05) is 42.0 Å². The van der Waals surface area contributed by atoms with Crippen LogP contribution < -0.4 is 9.80 Å². The molecule has 3 atom stereocenters. The molecule has 1 aromatic heterocycles. The second-order valence-electron chi connectivity index (χ2n) is 8.66. The average Bonchev–Trinajstić information content (AvgIpc) is 3.30. The summed E-state index contributed by atoms with van der Waals surface area (Å²) in [5.74, 6) is 0.976. The van der Waals surface area contributed by atoms with Crippen LogP contribution in [0.4, 0.5) is 5.69 Å². The summed E-state index contributed by atoms with van der Waals surface area (Å²) in [6.07, 6.45) is 1.01. The molecule has 0 aliphatic carbocycles. The standard InChI is InChI=1S/C23H26N6O/c1-15-8-9-20-18(12-15)19-13-27(3)11-10-21(19)29(20)22(30)14-28-25-23(24-26-28)17-7-5-4-6-16(17)2/h4-9,12,19,21H,10-11,13-14H2,1-3H3/p+1/t19-,21-/m0/s1. The van der Waals surface area contributed by atoms with E-state index in [-0.39, 0.29) is 18.5 Å². The lowest BCUT2D eigenvalue weighted by Gasteiger charge is -2.34. The van der Waals surface area contributed by atoms with Crippen molar-refractivity contribution in [3.63, 3.8) is 0 Å². The summed E-state index contributed by atoms with van der Waals surface area (Å²) in [5, 5.41) is 12.8. The van der Waals surface area contributed by atoms with Gasteiger partial charge in [-0.15, -0.1) is 10.2 Å². The number of aromatic nitrogens is 4. The fourth-order valence-electron chi connectivity index (χ4n) is 4.96. The Hall–Kier alpha value is -3.06. The molecule has 1 fully saturated rings. The maximum atomic E-state index is 13.4. The maximum absolute atomic E-state index is 13.4. The van der Waals surface area contributed by atoms with Crippen molar-refractivity contribution in [2.24, 2.45) is 0 Å². The summed E-state index contributed by atoms with van der Waals surface area (Å²) >= 11 is 0. The van der Waals surface area contributed by atoms with Crippen LogP contribution in [-0.4, -0.2) is 52.3 Å². The molecule has 5 rings (SSSR count). The number of piperidine rings is 1. The normalized spacial score (nSPS) is 22.6. The van der Waals surface area contributed by atoms with Crippen LogP contribution in [0, 0.1) is 13.8 Å². The largest absolute Gasteiger partial charge is 0.337 e. The second kappa shape index (κ2) is 7.32. The number of fused-ring (bicyclic) bond motifs is 3. The number of quaternary nitrogens is 1. The topological polar surface area (TPSA) is 68.3 Å². The van der Waals surface area contributed by atoms with Gasteiger partial charge in [-0.05, 0) is 36.3 Å². The predicted molar refractivity (Wildman–Crippen MR) is 114 cm³/mol. The van der Waals surface area contributed by atoms with Gasteiger partial charge >= 0.3 is 0 Å². The van der Waals surface area contributed by atoms with E-state index in [1.165, 1.54) is 20.8 Å². The van der Waals surface area contributed by atoms with E-state index in [0.29, 0.717) is 11.7 Å². The summed E-state index contributed by atoms with van der Waals surface area (Å²) in [4.78, 5) is 18.4. The summed E-state index contributed by atoms with van der Waals surface area (Å²) in [5.41, 5.74) is 5.63. The minimum atomic E-state index is 0.0286. The van der Waals surface area contributed by atoms with Gasteiger partial charge in [-0.3, -0.25) is 4.79 Å². The highest BCUT2D eigenvalue weighted by Crippen LogP contribution is 2.43. The van der Waals surface area contributed by atoms with Gasteiger partial charge in [0.2, 0.25) is 5.82 Å². The molecule has 2 aliphatic heterocycles. The summed E-state index contributed by atoms with van der Waals surface area (Å²) in [7, 11) is 2.24. The third-order valence-electron chi connectivity index (χ3n) is 6.46. The van der Waals surface area contributed by atoms with Gasteiger partial charge in [0, 0.05) is 17.7 Å². The van der Waals surface area contributed by atoms with Crippen molar-refractivity contribution in [1.29, 1.82) is 0 Å². The van der Waals surface area contributed by atoms with E-state index in [9.17, 15) is 4.79 Å². The van der Waals surface area contributed by atoms with Crippen molar-refractivity contribution in [2.45, 2.75) is 38.8 Å². The SMILES string of the molecule is Cc1ccc2c(c1)[C@@H]1C[NH+](C)CC[C@@H]1N2C(=O)Cn1nnc(-c2ccccc2C)n1. The lowest BCUT2D eigenvalue weighted by atomic mass is 9.89. The lowest BCUT2D eigenvalue weighted by Crippen LogP contribution is -3.11. The monoisotopic (exact) mass is 403 g/mol. The Bertz CT molecular complexity index is 1110. The molecule has 0 bridgehead atoms. The number of tetrazole rings is 1. The van der Waals surface area contributed by atoms with Crippen molar-refractivity contribution in [2.75, 3.05) is 25.0 Å². The Labute approximate surface area is 176 Å². The average molecular weight is 404 g/mol. The van der Waals surface area contributed by atoms with Crippen LogP contribution >= 0.6 is 0 Å². The highest BCUT2D eigenvalue weighted by atomic mass is 16.2. The van der Waals surface area contributed by atoms with Crippen molar-refractivity contribution >= 4 is 11.6 Å². The van der Waals surface area contributed by atoms with Gasteiger partial charge in [-0.2, -0.15) is 4.80 Å². The predicted octanol–water partition coefficient (Wildman–Crippen LogP) is 1.37. The van der Waals surface area contributed by atoms with E-state index in [1.807, 2.05) is 36.1 Å². The molecule has 154 valence electrons. The van der Waals surface area contributed by atoms with Crippen LogP contribution in [0.3, 0.4) is 0 Å². The molecule has 1 unspecified atom stereocenters. The van der Waals surface area contributed by atoms with E-state index < -0.39 is 0 Å². The third-order valence-corrected chi connectivity index (χ3v) is 6.46. The quantitative estimate of drug-likeness (QED) is 0.717. The summed E-state index contributed by atoms with van der Waals surface area (Å²) in [6, 6.07) is 14.6. The first-order valence-corrected chi connectivity index (χ1v) is 10.6. The third kappa shape index (κ3) is 3.19. The number of benzene rings is 2. The molecule has 1 saturated heterocycles. The first kappa shape index (κ1) is 18.9. The van der Waals surface area contributed by atoms with Gasteiger partial charge < -0.3 is 9.80 Å². The molecule has 0 saturated carbocycles. The Kier molecular flexibility index (Phi) is 4.62. The number of rotatable bonds is 3. The van der Waals surface area contributed by atoms with Crippen LogP contribution in [0.5, 0.6) is 0 Å². The van der Waals surface area contributed by atoms with Crippen LogP contribution in [0.2, 0.25) is 0 Å². The number of carbonyl (C=O) groups is 1. The maximum Gasteiger partial charge on any atom is 0.250 e. The van der Waals surface area contributed by atoms with Crippen LogP contribution in [0.25, 0.3) is 11.4 Å². The molecule has 1 amide bonds. The Morgan fingerprint density at radius 3 is 2.87 bits per heavy atom. The molecule has 3 aromatic rings. The zero-order chi connectivity index (χ0) is 20.8. The number of likely N-dealkylation sites (tertiary alicyclic amines) is 1. The fourth-order valence-corrected chi connectivity index (χ4v) is 4.96. The van der Waals surface area contributed by atoms with Gasteiger partial charge in [0.25, 0.3) is 5.91 Å². The molecular formula is C23H27N6O+. The van der Waals surface area contributed by atoms with Gasteiger partial charge in [0.15, 0.2) is 0 Å². The van der Waals surface area contributed by atoms with Gasteiger partial charge in [-0.25, -0.2) is 0 Å².